The molecule has 1 amide bonds. The van der Waals surface area contributed by atoms with Crippen molar-refractivity contribution in [1.82, 2.24) is 20.1 Å². The molecule has 26 heavy (non-hydrogen) atoms. The Balaban J connectivity index is 1.35. The highest BCUT2D eigenvalue weighted by molar-refractivity contribution is 7.14. The molecule has 4 rings (SSSR count). The summed E-state index contributed by atoms with van der Waals surface area (Å²) in [4.78, 5) is 23.7. The Morgan fingerprint density at radius 2 is 2.00 bits per heavy atom. The van der Waals surface area contributed by atoms with Gasteiger partial charge in [-0.2, -0.15) is 0 Å². The van der Waals surface area contributed by atoms with Crippen molar-refractivity contribution in [2.75, 3.05) is 32.7 Å². The summed E-state index contributed by atoms with van der Waals surface area (Å²) in [6.45, 7) is 5.63. The van der Waals surface area contributed by atoms with Crippen molar-refractivity contribution in [3.63, 3.8) is 0 Å². The van der Waals surface area contributed by atoms with Crippen molar-refractivity contribution in [3.8, 4) is 0 Å². The molecule has 2 aliphatic heterocycles. The number of hydrogen-bond acceptors (Lipinski definition) is 5. The quantitative estimate of drug-likeness (QED) is 0.899. The number of nitrogens with one attached hydrogen (secondary N) is 1. The first-order valence-corrected chi connectivity index (χ1v) is 10.3. The van der Waals surface area contributed by atoms with E-state index in [0.29, 0.717) is 6.04 Å². The van der Waals surface area contributed by atoms with E-state index in [4.69, 9.17) is 0 Å². The first-order chi connectivity index (χ1) is 12.8. The van der Waals surface area contributed by atoms with Crippen LogP contribution >= 0.6 is 11.3 Å². The molecule has 0 aliphatic carbocycles. The summed E-state index contributed by atoms with van der Waals surface area (Å²) in [5.74, 6) is 0.199. The summed E-state index contributed by atoms with van der Waals surface area (Å²) < 4.78 is 0. The molecule has 0 unspecified atom stereocenters. The first-order valence-electron chi connectivity index (χ1n) is 9.53. The largest absolute Gasteiger partial charge is 0.337 e. The molecule has 2 aliphatic rings. The predicted octanol–water partition coefficient (Wildman–Crippen LogP) is 2.92. The molecule has 2 aromatic rings. The molecular formula is C20H26N4OS. The molecule has 0 saturated carbocycles. The molecule has 0 aromatic carbocycles. The van der Waals surface area contributed by atoms with Crippen LogP contribution in [0.25, 0.3) is 0 Å². The molecule has 4 heterocycles. The third kappa shape index (κ3) is 4.14. The van der Waals surface area contributed by atoms with Gasteiger partial charge in [-0.15, -0.1) is 11.3 Å². The highest BCUT2D eigenvalue weighted by atomic mass is 32.1. The Bertz CT molecular complexity index is 726. The zero-order valence-corrected chi connectivity index (χ0v) is 15.9. The van der Waals surface area contributed by atoms with Crippen LogP contribution in [0.15, 0.2) is 36.7 Å². The number of carbonyl (C=O) groups excluding carboxylic acids is 1. The third-order valence-electron chi connectivity index (χ3n) is 5.27. The van der Waals surface area contributed by atoms with Gasteiger partial charge in [-0.05, 0) is 55.6 Å². The van der Waals surface area contributed by atoms with E-state index in [9.17, 15) is 4.79 Å². The predicted molar refractivity (Wildman–Crippen MR) is 104 cm³/mol. The van der Waals surface area contributed by atoms with E-state index < -0.39 is 0 Å². The molecule has 2 saturated heterocycles. The van der Waals surface area contributed by atoms with Crippen LogP contribution in [0.4, 0.5) is 0 Å². The smallest absolute Gasteiger partial charge is 0.263 e. The number of pyridine rings is 1. The highest BCUT2D eigenvalue weighted by Gasteiger charge is 2.24. The lowest BCUT2D eigenvalue weighted by atomic mass is 10.2. The van der Waals surface area contributed by atoms with Crippen LogP contribution in [0.5, 0.6) is 0 Å². The maximum Gasteiger partial charge on any atom is 0.263 e. The summed E-state index contributed by atoms with van der Waals surface area (Å²) in [6.07, 6.45) is 7.12. The van der Waals surface area contributed by atoms with Gasteiger partial charge in [0.15, 0.2) is 0 Å². The van der Waals surface area contributed by atoms with Crippen LogP contribution in [0.3, 0.4) is 0 Å². The van der Waals surface area contributed by atoms with E-state index in [1.807, 2.05) is 23.4 Å². The zero-order valence-electron chi connectivity index (χ0n) is 15.1. The Kier molecular flexibility index (Phi) is 5.62. The van der Waals surface area contributed by atoms with E-state index in [2.05, 4.69) is 33.4 Å². The fraction of sp³-hybridized carbons (Fsp3) is 0.500. The van der Waals surface area contributed by atoms with Crippen molar-refractivity contribution >= 4 is 17.2 Å². The maximum absolute atomic E-state index is 12.9. The molecule has 0 radical (unpaired) electrons. The third-order valence-corrected chi connectivity index (χ3v) is 6.46. The van der Waals surface area contributed by atoms with Crippen LogP contribution in [0.2, 0.25) is 0 Å². The molecule has 0 bridgehead atoms. The molecule has 1 atom stereocenters. The summed E-state index contributed by atoms with van der Waals surface area (Å²) in [7, 11) is 0. The fourth-order valence-corrected chi connectivity index (χ4v) is 4.90. The number of aromatic nitrogens is 1. The lowest BCUT2D eigenvalue weighted by molar-refractivity contribution is 0.0766. The average Bonchev–Trinajstić information content (AvgIpc) is 3.31. The second kappa shape index (κ2) is 8.29. The Hall–Kier alpha value is -1.76. The number of nitrogens with zero attached hydrogens (tertiary/aromatic N) is 3. The van der Waals surface area contributed by atoms with Gasteiger partial charge >= 0.3 is 0 Å². The number of hydrogen-bond donors (Lipinski definition) is 1. The van der Waals surface area contributed by atoms with Crippen LogP contribution in [0.1, 0.15) is 45.4 Å². The van der Waals surface area contributed by atoms with Gasteiger partial charge in [0.1, 0.15) is 0 Å². The number of rotatable bonds is 4. The maximum atomic E-state index is 12.9. The minimum Gasteiger partial charge on any atom is -0.337 e. The fourth-order valence-electron chi connectivity index (χ4n) is 3.82. The van der Waals surface area contributed by atoms with E-state index in [1.54, 1.807) is 11.3 Å². The van der Waals surface area contributed by atoms with Gasteiger partial charge in [0.05, 0.1) is 4.88 Å². The van der Waals surface area contributed by atoms with Gasteiger partial charge in [-0.1, -0.05) is 0 Å². The van der Waals surface area contributed by atoms with Gasteiger partial charge in [-0.25, -0.2) is 0 Å². The SMILES string of the molecule is O=C(c1ccc([C@H]2CCCN2)s1)N1CCCN(Cc2ccncc2)CC1. The highest BCUT2D eigenvalue weighted by Crippen LogP contribution is 2.30. The second-order valence-electron chi connectivity index (χ2n) is 7.13. The molecule has 1 N–H and O–H groups in total. The summed E-state index contributed by atoms with van der Waals surface area (Å²) >= 11 is 1.67. The van der Waals surface area contributed by atoms with E-state index >= 15 is 0 Å². The van der Waals surface area contributed by atoms with E-state index in [-0.39, 0.29) is 5.91 Å². The number of thiophene rings is 1. The van der Waals surface area contributed by atoms with Crippen LogP contribution in [-0.4, -0.2) is 53.4 Å². The van der Waals surface area contributed by atoms with Gasteiger partial charge in [-0.3, -0.25) is 14.7 Å². The summed E-state index contributed by atoms with van der Waals surface area (Å²) in [6, 6.07) is 8.73. The number of carbonyl (C=O) groups is 1. The van der Waals surface area contributed by atoms with Crippen molar-refractivity contribution in [2.45, 2.75) is 31.8 Å². The number of amides is 1. The average molecular weight is 371 g/mol. The standard InChI is InChI=1S/C20H26N4OS/c25-20(19-5-4-18(26-19)17-3-1-8-22-17)24-12-2-11-23(13-14-24)15-16-6-9-21-10-7-16/h4-7,9-10,17,22H,1-3,8,11-15H2/t17-/m1/s1. The molecule has 2 fully saturated rings. The monoisotopic (exact) mass is 370 g/mol. The molecule has 2 aromatic heterocycles. The van der Waals surface area contributed by atoms with E-state index in [0.717, 1.165) is 50.6 Å². The van der Waals surface area contributed by atoms with Crippen LogP contribution in [0, 0.1) is 0 Å². The first kappa shape index (κ1) is 17.6. The minimum absolute atomic E-state index is 0.199. The molecular weight excluding hydrogens is 344 g/mol. The topological polar surface area (TPSA) is 48.5 Å². The van der Waals surface area contributed by atoms with Crippen LogP contribution < -0.4 is 5.32 Å². The normalized spacial score (nSPS) is 21.7. The summed E-state index contributed by atoms with van der Waals surface area (Å²) in [5, 5.41) is 3.52. The minimum atomic E-state index is 0.199. The molecule has 5 nitrogen and oxygen atoms in total. The van der Waals surface area contributed by atoms with Gasteiger partial charge in [0.2, 0.25) is 0 Å². The second-order valence-corrected chi connectivity index (χ2v) is 8.24. The van der Waals surface area contributed by atoms with Crippen LogP contribution in [-0.2, 0) is 6.54 Å². The molecule has 0 spiro atoms. The molecule has 6 heteroatoms. The lowest BCUT2D eigenvalue weighted by Crippen LogP contribution is -2.34. The Labute approximate surface area is 159 Å². The van der Waals surface area contributed by atoms with Crippen molar-refractivity contribution in [2.24, 2.45) is 0 Å². The van der Waals surface area contributed by atoms with E-state index in [1.165, 1.54) is 23.3 Å². The van der Waals surface area contributed by atoms with Crippen molar-refractivity contribution < 1.29 is 4.79 Å². The van der Waals surface area contributed by atoms with Gasteiger partial charge in [0.25, 0.3) is 5.91 Å². The van der Waals surface area contributed by atoms with Gasteiger partial charge in [0, 0.05) is 56.0 Å². The van der Waals surface area contributed by atoms with Gasteiger partial charge < -0.3 is 10.2 Å². The summed E-state index contributed by atoms with van der Waals surface area (Å²) in [5.41, 5.74) is 1.28. The van der Waals surface area contributed by atoms with Crippen molar-refractivity contribution in [1.29, 1.82) is 0 Å². The zero-order chi connectivity index (χ0) is 17.8. The van der Waals surface area contributed by atoms with Crippen molar-refractivity contribution in [3.05, 3.63) is 52.0 Å². The lowest BCUT2D eigenvalue weighted by Gasteiger charge is -2.21. The molecule has 138 valence electrons. The Morgan fingerprint density at radius 3 is 2.81 bits per heavy atom. The Morgan fingerprint density at radius 1 is 1.12 bits per heavy atom.